The van der Waals surface area contributed by atoms with Crippen molar-refractivity contribution in [1.29, 1.82) is 0 Å². The molecule has 2 aromatic heterocycles. The van der Waals surface area contributed by atoms with E-state index >= 15 is 0 Å². The Morgan fingerprint density at radius 2 is 2.38 bits per heavy atom. The van der Waals surface area contributed by atoms with E-state index in [-0.39, 0.29) is 11.6 Å². The third kappa shape index (κ3) is 2.28. The molecule has 2 aromatic rings. The summed E-state index contributed by atoms with van der Waals surface area (Å²) in [6.07, 6.45) is 6.06. The summed E-state index contributed by atoms with van der Waals surface area (Å²) in [5.74, 6) is 0. The Hall–Kier alpha value is -1.67. The molecule has 0 amide bonds. The summed E-state index contributed by atoms with van der Waals surface area (Å²) in [6, 6.07) is 0. The molecular formula is C8H11N5O2S. The van der Waals surface area contributed by atoms with Gasteiger partial charge in [-0.25, -0.2) is 18.1 Å². The van der Waals surface area contributed by atoms with Crippen molar-refractivity contribution >= 4 is 10.0 Å². The van der Waals surface area contributed by atoms with Crippen LogP contribution in [0.5, 0.6) is 0 Å². The first kappa shape index (κ1) is 10.8. The monoisotopic (exact) mass is 241 g/mol. The second-order valence-corrected chi connectivity index (χ2v) is 5.02. The Labute approximate surface area is 92.6 Å². The molecule has 0 unspecified atom stereocenters. The molecule has 86 valence electrons. The van der Waals surface area contributed by atoms with E-state index in [4.69, 9.17) is 0 Å². The highest BCUT2D eigenvalue weighted by atomic mass is 32.2. The minimum absolute atomic E-state index is 0.0125. The van der Waals surface area contributed by atoms with Crippen molar-refractivity contribution in [2.45, 2.75) is 11.6 Å². The van der Waals surface area contributed by atoms with E-state index in [1.807, 2.05) is 0 Å². The number of imidazole rings is 1. The van der Waals surface area contributed by atoms with Gasteiger partial charge in [-0.2, -0.15) is 5.10 Å². The Balaban J connectivity index is 2.09. The predicted octanol–water partition coefficient (Wildman–Crippen LogP) is -0.378. The van der Waals surface area contributed by atoms with Crippen molar-refractivity contribution < 1.29 is 8.42 Å². The van der Waals surface area contributed by atoms with Gasteiger partial charge in [-0.3, -0.25) is 5.10 Å². The molecule has 0 bridgehead atoms. The smallest absolute Gasteiger partial charge is 0.259 e. The normalized spacial score (nSPS) is 11.8. The number of H-pyrrole nitrogens is 1. The largest absolute Gasteiger partial charge is 0.339 e. The standard InChI is InChI=1S/C8H11N5O2S/c1-13-5-8(9-6-13)16(14,15)12-4-7-2-10-11-3-7/h2-3,5-6,12H,4H2,1H3,(H,10,11). The molecule has 0 saturated carbocycles. The summed E-state index contributed by atoms with van der Waals surface area (Å²) in [6.45, 7) is 0.190. The van der Waals surface area contributed by atoms with Crippen LogP contribution in [-0.4, -0.2) is 28.2 Å². The van der Waals surface area contributed by atoms with Gasteiger partial charge in [0, 0.05) is 31.5 Å². The van der Waals surface area contributed by atoms with Crippen LogP contribution < -0.4 is 4.72 Å². The number of nitrogens with zero attached hydrogens (tertiary/aromatic N) is 3. The Kier molecular flexibility index (Phi) is 2.75. The number of aromatic amines is 1. The van der Waals surface area contributed by atoms with Crippen LogP contribution in [0.2, 0.25) is 0 Å². The summed E-state index contributed by atoms with van der Waals surface area (Å²) in [5, 5.41) is 6.34. The van der Waals surface area contributed by atoms with Gasteiger partial charge in [-0.15, -0.1) is 0 Å². The summed E-state index contributed by atoms with van der Waals surface area (Å²) in [7, 11) is -1.83. The summed E-state index contributed by atoms with van der Waals surface area (Å²) < 4.78 is 27.4. The molecule has 8 heteroatoms. The van der Waals surface area contributed by atoms with Gasteiger partial charge in [0.15, 0.2) is 5.03 Å². The van der Waals surface area contributed by atoms with Crippen molar-refractivity contribution in [2.75, 3.05) is 0 Å². The highest BCUT2D eigenvalue weighted by Crippen LogP contribution is 2.05. The van der Waals surface area contributed by atoms with E-state index in [0.29, 0.717) is 0 Å². The van der Waals surface area contributed by atoms with Gasteiger partial charge in [0.1, 0.15) is 0 Å². The maximum absolute atomic E-state index is 11.7. The number of nitrogens with one attached hydrogen (secondary N) is 2. The molecule has 0 fully saturated rings. The first-order valence-corrected chi connectivity index (χ1v) is 6.01. The number of aromatic nitrogens is 4. The van der Waals surface area contributed by atoms with Gasteiger partial charge in [0.25, 0.3) is 10.0 Å². The third-order valence-electron chi connectivity index (χ3n) is 1.98. The SMILES string of the molecule is Cn1cnc(S(=O)(=O)NCc2cn[nH]c2)c1. The van der Waals surface area contributed by atoms with Gasteiger partial charge in [0.05, 0.1) is 12.5 Å². The van der Waals surface area contributed by atoms with Crippen LogP contribution >= 0.6 is 0 Å². The number of rotatable bonds is 4. The van der Waals surface area contributed by atoms with Crippen LogP contribution in [0.25, 0.3) is 0 Å². The van der Waals surface area contributed by atoms with Crippen LogP contribution in [0.4, 0.5) is 0 Å². The molecule has 2 rings (SSSR count). The van der Waals surface area contributed by atoms with Gasteiger partial charge in [-0.1, -0.05) is 0 Å². The van der Waals surface area contributed by atoms with E-state index in [0.717, 1.165) is 5.56 Å². The molecule has 2 N–H and O–H groups in total. The molecule has 2 heterocycles. The second-order valence-electron chi connectivity index (χ2n) is 3.31. The van der Waals surface area contributed by atoms with Crippen LogP contribution in [-0.2, 0) is 23.6 Å². The van der Waals surface area contributed by atoms with E-state index in [9.17, 15) is 8.42 Å². The summed E-state index contributed by atoms with van der Waals surface area (Å²) >= 11 is 0. The van der Waals surface area contributed by atoms with Gasteiger partial charge in [-0.05, 0) is 0 Å². The molecule has 7 nitrogen and oxygen atoms in total. The molecule has 0 aliphatic carbocycles. The fourth-order valence-electron chi connectivity index (χ4n) is 1.15. The van der Waals surface area contributed by atoms with E-state index in [1.165, 1.54) is 12.5 Å². The molecule has 0 saturated heterocycles. The number of hydrogen-bond donors (Lipinski definition) is 2. The first-order valence-electron chi connectivity index (χ1n) is 4.53. The molecule has 0 spiro atoms. The zero-order valence-corrected chi connectivity index (χ0v) is 9.40. The van der Waals surface area contributed by atoms with Crippen molar-refractivity contribution in [1.82, 2.24) is 24.5 Å². The van der Waals surface area contributed by atoms with Gasteiger partial charge >= 0.3 is 0 Å². The molecule has 0 aromatic carbocycles. The summed E-state index contributed by atoms with van der Waals surface area (Å²) in [4.78, 5) is 3.78. The highest BCUT2D eigenvalue weighted by molar-refractivity contribution is 7.89. The van der Waals surface area contributed by atoms with Crippen LogP contribution in [0.3, 0.4) is 0 Å². The second kappa shape index (κ2) is 4.06. The van der Waals surface area contributed by atoms with Crippen LogP contribution in [0.15, 0.2) is 29.9 Å². The fraction of sp³-hybridized carbons (Fsp3) is 0.250. The van der Waals surface area contributed by atoms with Gasteiger partial charge < -0.3 is 4.57 Å². The van der Waals surface area contributed by atoms with E-state index in [2.05, 4.69) is 19.9 Å². The quantitative estimate of drug-likeness (QED) is 0.763. The molecule has 0 aliphatic heterocycles. The topological polar surface area (TPSA) is 92.7 Å². The summed E-state index contributed by atoms with van der Waals surface area (Å²) in [5.41, 5.74) is 0.763. The van der Waals surface area contributed by atoms with Crippen molar-refractivity contribution in [2.24, 2.45) is 7.05 Å². The Morgan fingerprint density at radius 1 is 1.56 bits per heavy atom. The number of aryl methyl sites for hydroxylation is 1. The highest BCUT2D eigenvalue weighted by Gasteiger charge is 2.16. The minimum Gasteiger partial charge on any atom is -0.339 e. The van der Waals surface area contributed by atoms with Crippen molar-refractivity contribution in [3.8, 4) is 0 Å². The average molecular weight is 241 g/mol. The van der Waals surface area contributed by atoms with E-state index < -0.39 is 10.0 Å². The number of hydrogen-bond acceptors (Lipinski definition) is 4. The fourth-order valence-corrected chi connectivity index (χ4v) is 2.15. The lowest BCUT2D eigenvalue weighted by Crippen LogP contribution is -2.23. The maximum atomic E-state index is 11.7. The van der Waals surface area contributed by atoms with Crippen molar-refractivity contribution in [3.63, 3.8) is 0 Å². The van der Waals surface area contributed by atoms with Gasteiger partial charge in [0.2, 0.25) is 0 Å². The van der Waals surface area contributed by atoms with Crippen molar-refractivity contribution in [3.05, 3.63) is 30.5 Å². The van der Waals surface area contributed by atoms with Crippen LogP contribution in [0, 0.1) is 0 Å². The lowest BCUT2D eigenvalue weighted by Gasteiger charge is -2.01. The lowest BCUT2D eigenvalue weighted by atomic mass is 10.4. The Morgan fingerprint density at radius 3 is 2.94 bits per heavy atom. The predicted molar refractivity (Wildman–Crippen MR) is 55.8 cm³/mol. The molecule has 0 atom stereocenters. The molecule has 0 aliphatic rings. The first-order chi connectivity index (χ1) is 7.58. The Bertz CT molecular complexity index is 557. The molecular weight excluding hydrogens is 230 g/mol. The zero-order chi connectivity index (χ0) is 11.6. The molecule has 0 radical (unpaired) electrons. The van der Waals surface area contributed by atoms with Crippen LogP contribution in [0.1, 0.15) is 5.56 Å². The maximum Gasteiger partial charge on any atom is 0.259 e. The minimum atomic E-state index is -3.54. The average Bonchev–Trinajstić information content (AvgIpc) is 2.85. The third-order valence-corrected chi connectivity index (χ3v) is 3.26. The lowest BCUT2D eigenvalue weighted by molar-refractivity contribution is 0.578. The zero-order valence-electron chi connectivity index (χ0n) is 8.58. The van der Waals surface area contributed by atoms with E-state index in [1.54, 1.807) is 24.0 Å². The number of sulfonamides is 1. The molecule has 16 heavy (non-hydrogen) atoms.